The maximum Gasteiger partial charge on any atom is 0.229 e. The van der Waals surface area contributed by atoms with E-state index in [0.29, 0.717) is 78.2 Å². The van der Waals surface area contributed by atoms with E-state index in [4.69, 9.17) is 9.47 Å². The second-order valence-corrected chi connectivity index (χ2v) is 21.1. The number of aromatic nitrogens is 10. The third-order valence-corrected chi connectivity index (χ3v) is 14.8. The SMILES string of the molecule is C=CC[C@]1(CC)CN(Cc2ccc(Nc3ncc(F)c(-c4cc(F)c5nc(C)n(C(C)C)c5c4)n3)nc2)CCO1.CC[C@@]1(CC=O)CN(Cc2ccc(Nc3ncc(F)c(-c4cc(F)c5nc(C)n(C(C)C)c5c4)n3)nc2)CCO1. The molecular weight excluding hydrogens is 1030 g/mol. The molecular formula is C59H68F4N14O3. The number of nitrogens with zero attached hydrogens (tertiary/aromatic N) is 12. The van der Waals surface area contributed by atoms with Gasteiger partial charge in [-0.3, -0.25) is 9.80 Å². The van der Waals surface area contributed by atoms with E-state index in [1.807, 2.05) is 88.1 Å². The maximum atomic E-state index is 15.0. The van der Waals surface area contributed by atoms with Gasteiger partial charge >= 0.3 is 0 Å². The highest BCUT2D eigenvalue weighted by atomic mass is 19.1. The number of carbonyl (C=O) groups excluding carboxylic acids is 1. The van der Waals surface area contributed by atoms with Crippen LogP contribution in [-0.2, 0) is 27.4 Å². The Hall–Kier alpha value is -7.59. The van der Waals surface area contributed by atoms with Crippen LogP contribution in [-0.4, -0.2) is 116 Å². The Balaban J connectivity index is 0.000000194. The van der Waals surface area contributed by atoms with Crippen LogP contribution >= 0.6 is 0 Å². The summed E-state index contributed by atoms with van der Waals surface area (Å²) in [5, 5.41) is 6.05. The van der Waals surface area contributed by atoms with Crippen molar-refractivity contribution >= 4 is 51.9 Å². The molecule has 0 radical (unpaired) electrons. The van der Waals surface area contributed by atoms with Crippen molar-refractivity contribution in [2.45, 2.75) is 117 Å². The van der Waals surface area contributed by atoms with Crippen molar-refractivity contribution in [3.8, 4) is 22.5 Å². The average Bonchev–Trinajstić information content (AvgIpc) is 4.11. The first kappa shape index (κ1) is 57.1. The topological polar surface area (TPSA) is 179 Å². The molecule has 0 spiro atoms. The average molecular weight is 1100 g/mol. The van der Waals surface area contributed by atoms with Gasteiger partial charge in [-0.05, 0) is 108 Å². The number of hydrogen-bond donors (Lipinski definition) is 2. The lowest BCUT2D eigenvalue weighted by Gasteiger charge is -2.42. The first-order chi connectivity index (χ1) is 38.4. The van der Waals surface area contributed by atoms with Crippen LogP contribution in [0.3, 0.4) is 0 Å². The molecule has 8 heterocycles. The number of fused-ring (bicyclic) bond motifs is 2. The fourth-order valence-electron chi connectivity index (χ4n) is 10.8. The van der Waals surface area contributed by atoms with E-state index < -0.39 is 28.9 Å². The Kier molecular flexibility index (Phi) is 17.4. The molecule has 2 N–H and O–H groups in total. The number of nitrogens with one attached hydrogen (secondary N) is 2. The van der Waals surface area contributed by atoms with Gasteiger partial charge in [0.1, 0.15) is 52.0 Å². The summed E-state index contributed by atoms with van der Waals surface area (Å²) >= 11 is 0. The van der Waals surface area contributed by atoms with E-state index >= 15 is 0 Å². The van der Waals surface area contributed by atoms with E-state index in [1.165, 1.54) is 12.1 Å². The molecule has 6 aromatic heterocycles. The molecule has 2 fully saturated rings. The molecule has 0 unspecified atom stereocenters. The quantitative estimate of drug-likeness (QED) is 0.0470. The minimum Gasteiger partial charge on any atom is -0.372 e. The summed E-state index contributed by atoms with van der Waals surface area (Å²) in [7, 11) is 0. The minimum absolute atomic E-state index is 0.00433. The van der Waals surface area contributed by atoms with Gasteiger partial charge in [0, 0.05) is 81.3 Å². The lowest BCUT2D eigenvalue weighted by Crippen LogP contribution is -2.51. The lowest BCUT2D eigenvalue weighted by molar-refractivity contribution is -0.132. The zero-order valence-corrected chi connectivity index (χ0v) is 46.5. The molecule has 2 atom stereocenters. The molecule has 2 aromatic carbocycles. The number of anilines is 4. The van der Waals surface area contributed by atoms with E-state index in [2.05, 4.69) is 73.8 Å². The van der Waals surface area contributed by atoms with Crippen molar-refractivity contribution in [1.82, 2.24) is 58.8 Å². The third-order valence-electron chi connectivity index (χ3n) is 14.8. The van der Waals surface area contributed by atoms with Crippen molar-refractivity contribution in [2.24, 2.45) is 0 Å². The number of morpholine rings is 2. The zero-order chi connectivity index (χ0) is 56.9. The number of halogens is 4. The lowest BCUT2D eigenvalue weighted by atomic mass is 9.94. The van der Waals surface area contributed by atoms with Gasteiger partial charge in [-0.25, -0.2) is 57.4 Å². The number of benzene rings is 2. The first-order valence-electron chi connectivity index (χ1n) is 27.1. The van der Waals surface area contributed by atoms with Gasteiger partial charge in [-0.1, -0.05) is 32.1 Å². The fourth-order valence-corrected chi connectivity index (χ4v) is 10.8. The molecule has 420 valence electrons. The van der Waals surface area contributed by atoms with Gasteiger partial charge in [0.15, 0.2) is 23.3 Å². The summed E-state index contributed by atoms with van der Waals surface area (Å²) in [5.41, 5.74) is 3.69. The molecule has 10 rings (SSSR count). The van der Waals surface area contributed by atoms with Gasteiger partial charge in [-0.15, -0.1) is 6.58 Å². The van der Waals surface area contributed by atoms with Gasteiger partial charge in [-0.2, -0.15) is 0 Å². The number of imidazole rings is 2. The monoisotopic (exact) mass is 1100 g/mol. The van der Waals surface area contributed by atoms with Crippen LogP contribution in [0.2, 0.25) is 0 Å². The second kappa shape index (κ2) is 24.4. The van der Waals surface area contributed by atoms with Gasteiger partial charge in [0.05, 0.1) is 47.8 Å². The third kappa shape index (κ3) is 12.5. The summed E-state index contributed by atoms with van der Waals surface area (Å²) < 4.78 is 75.6. The summed E-state index contributed by atoms with van der Waals surface area (Å²) in [6.45, 7) is 25.5. The Labute approximate surface area is 463 Å². The highest BCUT2D eigenvalue weighted by Crippen LogP contribution is 2.34. The second-order valence-electron chi connectivity index (χ2n) is 21.1. The smallest absolute Gasteiger partial charge is 0.229 e. The van der Waals surface area contributed by atoms with Gasteiger partial charge in [0.2, 0.25) is 11.9 Å². The zero-order valence-electron chi connectivity index (χ0n) is 46.5. The number of aryl methyl sites for hydroxylation is 2. The molecule has 0 bridgehead atoms. The van der Waals surface area contributed by atoms with Crippen molar-refractivity contribution in [3.63, 3.8) is 0 Å². The van der Waals surface area contributed by atoms with Crippen LogP contribution in [0.1, 0.15) is 102 Å². The van der Waals surface area contributed by atoms with E-state index in [-0.39, 0.29) is 52.0 Å². The van der Waals surface area contributed by atoms with Crippen LogP contribution in [0.5, 0.6) is 0 Å². The molecule has 17 nitrogen and oxygen atoms in total. The molecule has 80 heavy (non-hydrogen) atoms. The van der Waals surface area contributed by atoms with Crippen LogP contribution in [0.4, 0.5) is 41.1 Å². The van der Waals surface area contributed by atoms with Crippen LogP contribution < -0.4 is 10.6 Å². The molecule has 2 aliphatic rings. The number of rotatable bonds is 18. The number of pyridine rings is 2. The van der Waals surface area contributed by atoms with Crippen molar-refractivity contribution in [2.75, 3.05) is 50.0 Å². The summed E-state index contributed by atoms with van der Waals surface area (Å²) in [6.07, 6.45) is 11.4. The van der Waals surface area contributed by atoms with Gasteiger partial charge < -0.3 is 34.0 Å². The maximum absolute atomic E-state index is 15.0. The Morgan fingerprint density at radius 1 is 0.613 bits per heavy atom. The molecule has 8 aromatic rings. The highest BCUT2D eigenvalue weighted by molar-refractivity contribution is 5.84. The minimum atomic E-state index is -0.664. The van der Waals surface area contributed by atoms with Crippen molar-refractivity contribution in [1.29, 1.82) is 0 Å². The Bertz CT molecular complexity index is 3270. The normalized spacial score (nSPS) is 18.0. The predicted octanol–water partition coefficient (Wildman–Crippen LogP) is 11.7. The number of carbonyl (C=O) groups is 1. The van der Waals surface area contributed by atoms with Crippen molar-refractivity contribution in [3.05, 3.63) is 132 Å². The molecule has 2 saturated heterocycles. The van der Waals surface area contributed by atoms with E-state index in [0.717, 1.165) is 75.2 Å². The molecule has 0 amide bonds. The summed E-state index contributed by atoms with van der Waals surface area (Å²) in [5.74, 6) is 0.305. The molecule has 0 saturated carbocycles. The standard InChI is InChI=1S/C30H35F2N7O.C29H33F2N7O2/c1-6-10-30(7-2)18-38(11-12-40-30)17-21-8-9-26(33-15-21)36-29-34-16-24(32)27(37-29)22-13-23(31)28-25(14-22)39(19(3)4)20(5)35-28;1-5-29(8-10-39)17-37(9-11-40-29)16-20-6-7-25(32-14-20)35-28-33-15-23(31)26(36-28)21-12-22(30)27-24(13-21)38(18(2)3)19(4)34-27/h6,8-9,13-16,19H,1,7,10-12,17-18H2,2-5H3,(H,33,34,36,37);6-7,10,12-15,18H,5,8-9,11,16-17H2,1-4H3,(H,32,33,35,36)/t30-;29-/m11/s1. The summed E-state index contributed by atoms with van der Waals surface area (Å²) in [6, 6.07) is 13.6. The Morgan fingerprint density at radius 3 is 1.43 bits per heavy atom. The fraction of sp³-hybridized carbons (Fsp3) is 0.407. The predicted molar refractivity (Wildman–Crippen MR) is 301 cm³/mol. The van der Waals surface area contributed by atoms with Crippen LogP contribution in [0.25, 0.3) is 44.6 Å². The Morgan fingerprint density at radius 2 is 1.05 bits per heavy atom. The molecule has 21 heteroatoms. The van der Waals surface area contributed by atoms with Crippen LogP contribution in [0, 0.1) is 37.1 Å². The van der Waals surface area contributed by atoms with Crippen LogP contribution in [0.15, 0.2) is 86.0 Å². The number of hydrogen-bond acceptors (Lipinski definition) is 15. The number of aldehydes is 1. The summed E-state index contributed by atoms with van der Waals surface area (Å²) in [4.78, 5) is 50.3. The molecule has 2 aliphatic heterocycles. The largest absolute Gasteiger partial charge is 0.372 e. The van der Waals surface area contributed by atoms with E-state index in [9.17, 15) is 22.4 Å². The highest BCUT2D eigenvalue weighted by Gasteiger charge is 2.36. The molecule has 0 aliphatic carbocycles. The van der Waals surface area contributed by atoms with E-state index in [1.54, 1.807) is 24.4 Å². The first-order valence-corrected chi connectivity index (χ1v) is 27.1. The van der Waals surface area contributed by atoms with Crippen molar-refractivity contribution < 1.29 is 31.8 Å². The van der Waals surface area contributed by atoms with Gasteiger partial charge in [0.25, 0.3) is 0 Å². The number of ether oxygens (including phenoxy) is 2.